The molecule has 0 N–H and O–H groups in total. The number of ether oxygens (including phenoxy) is 1. The smallest absolute Gasteiger partial charge is 0.384 e. The molecule has 0 aliphatic heterocycles. The van der Waals surface area contributed by atoms with Crippen LogP contribution in [0.15, 0.2) is 24.3 Å². The Kier molecular flexibility index (Phi) is 5.38. The number of hydrogen-bond donors (Lipinski definition) is 0. The highest BCUT2D eigenvalue weighted by Gasteiger charge is 2.37. The second-order valence-electron chi connectivity index (χ2n) is 5.92. The lowest BCUT2D eigenvalue weighted by Crippen LogP contribution is -2.33. The van der Waals surface area contributed by atoms with Gasteiger partial charge >= 0.3 is 5.97 Å². The van der Waals surface area contributed by atoms with Crippen molar-refractivity contribution in [3.63, 3.8) is 0 Å². The van der Waals surface area contributed by atoms with Crippen molar-refractivity contribution in [1.82, 2.24) is 0 Å². The van der Waals surface area contributed by atoms with Crippen molar-refractivity contribution in [2.45, 2.75) is 46.0 Å². The second kappa shape index (κ2) is 7.26. The second-order valence-corrected chi connectivity index (χ2v) is 5.92. The van der Waals surface area contributed by atoms with E-state index in [-0.39, 0.29) is 11.2 Å². The average Bonchev–Trinajstić information content (AvgIpc) is 2.52. The normalized spacial score (nSPS) is 19.8. The summed E-state index contributed by atoms with van der Waals surface area (Å²) in [5.74, 6) is 5.06. The van der Waals surface area contributed by atoms with Crippen LogP contribution in [0.2, 0.25) is 0 Å². The zero-order valence-electron chi connectivity index (χ0n) is 13.3. The Morgan fingerprint density at radius 2 is 2.14 bits per heavy atom. The number of unbranched alkanes of at least 4 members (excludes halogenated alkanes) is 1. The third-order valence-corrected chi connectivity index (χ3v) is 4.25. The first-order chi connectivity index (χ1) is 10.6. The van der Waals surface area contributed by atoms with Gasteiger partial charge in [0.05, 0.1) is 6.61 Å². The van der Waals surface area contributed by atoms with Crippen molar-refractivity contribution < 1.29 is 14.3 Å². The Morgan fingerprint density at radius 3 is 2.91 bits per heavy atom. The van der Waals surface area contributed by atoms with Gasteiger partial charge in [0.25, 0.3) is 0 Å². The van der Waals surface area contributed by atoms with Crippen LogP contribution in [-0.2, 0) is 16.0 Å². The van der Waals surface area contributed by atoms with E-state index in [1.165, 1.54) is 0 Å². The summed E-state index contributed by atoms with van der Waals surface area (Å²) in [5.41, 5.74) is 1.72. The molecule has 0 fully saturated rings. The summed E-state index contributed by atoms with van der Waals surface area (Å²) < 4.78 is 4.75. The number of Topliss-reactive ketones (excluding diaryl/α,β-unsaturated/α-hetero) is 1. The molecule has 1 aliphatic carbocycles. The van der Waals surface area contributed by atoms with Crippen LogP contribution in [0.1, 0.15) is 55.5 Å². The van der Waals surface area contributed by atoms with Gasteiger partial charge in [-0.05, 0) is 38.2 Å². The number of fused-ring (bicyclic) bond motifs is 1. The maximum absolute atomic E-state index is 12.7. The number of hydrogen-bond acceptors (Lipinski definition) is 3. The highest BCUT2D eigenvalue weighted by atomic mass is 16.5. The fourth-order valence-corrected chi connectivity index (χ4v) is 2.92. The molecule has 0 bridgehead atoms. The standard InChI is InChI=1S/C19H22O3/c1-3-22-17(20)11-5-4-8-13-19(2)14-12-15-9-6-7-10-16(15)18(19)21/h6-7,9-10H,3-4,8,12-14H2,1-2H3. The number of benzene rings is 1. The molecule has 0 amide bonds. The molecule has 2 rings (SSSR count). The summed E-state index contributed by atoms with van der Waals surface area (Å²) in [5, 5.41) is 0. The van der Waals surface area contributed by atoms with Gasteiger partial charge in [0.2, 0.25) is 0 Å². The van der Waals surface area contributed by atoms with Crippen molar-refractivity contribution in [3.8, 4) is 11.8 Å². The van der Waals surface area contributed by atoms with Gasteiger partial charge in [-0.3, -0.25) is 4.79 Å². The van der Waals surface area contributed by atoms with Gasteiger partial charge in [-0.1, -0.05) is 37.1 Å². The summed E-state index contributed by atoms with van der Waals surface area (Å²) in [7, 11) is 0. The third-order valence-electron chi connectivity index (χ3n) is 4.25. The van der Waals surface area contributed by atoms with Gasteiger partial charge in [-0.2, -0.15) is 0 Å². The number of esters is 1. The van der Waals surface area contributed by atoms with Gasteiger partial charge in [-0.15, -0.1) is 0 Å². The van der Waals surface area contributed by atoms with E-state index in [2.05, 4.69) is 11.8 Å². The van der Waals surface area contributed by atoms with Gasteiger partial charge < -0.3 is 4.74 Å². The predicted octanol–water partition coefficient (Wildman–Crippen LogP) is 3.56. The highest BCUT2D eigenvalue weighted by Crippen LogP contribution is 2.38. The van der Waals surface area contributed by atoms with Crippen LogP contribution in [-0.4, -0.2) is 18.4 Å². The Bertz CT molecular complexity index is 621. The molecule has 1 atom stereocenters. The summed E-state index contributed by atoms with van der Waals surface area (Å²) in [6.45, 7) is 4.15. The molecule has 0 heterocycles. The largest absolute Gasteiger partial charge is 0.456 e. The van der Waals surface area contributed by atoms with Crippen molar-refractivity contribution in [3.05, 3.63) is 35.4 Å². The van der Waals surface area contributed by atoms with Crippen LogP contribution in [0.4, 0.5) is 0 Å². The predicted molar refractivity (Wildman–Crippen MR) is 85.5 cm³/mol. The van der Waals surface area contributed by atoms with Crippen LogP contribution in [0.5, 0.6) is 0 Å². The first-order valence-corrected chi connectivity index (χ1v) is 7.85. The van der Waals surface area contributed by atoms with Crippen LogP contribution in [0.25, 0.3) is 0 Å². The van der Waals surface area contributed by atoms with E-state index >= 15 is 0 Å². The summed E-state index contributed by atoms with van der Waals surface area (Å²) in [6.07, 6.45) is 4.07. The Balaban J connectivity index is 1.91. The highest BCUT2D eigenvalue weighted by molar-refractivity contribution is 6.02. The Hall–Kier alpha value is -2.08. The maximum Gasteiger partial charge on any atom is 0.384 e. The molecule has 3 heteroatoms. The van der Waals surface area contributed by atoms with Crippen molar-refractivity contribution in [2.24, 2.45) is 5.41 Å². The van der Waals surface area contributed by atoms with Crippen LogP contribution in [0.3, 0.4) is 0 Å². The average molecular weight is 298 g/mol. The lowest BCUT2D eigenvalue weighted by molar-refractivity contribution is -0.136. The van der Waals surface area contributed by atoms with E-state index in [1.54, 1.807) is 6.92 Å². The molecule has 1 aromatic rings. The lowest BCUT2D eigenvalue weighted by Gasteiger charge is -2.33. The molecular formula is C19H22O3. The minimum atomic E-state index is -0.476. The van der Waals surface area contributed by atoms with Crippen molar-refractivity contribution in [2.75, 3.05) is 6.61 Å². The Labute approximate surface area is 132 Å². The van der Waals surface area contributed by atoms with Gasteiger partial charge in [0, 0.05) is 23.3 Å². The van der Waals surface area contributed by atoms with Crippen LogP contribution < -0.4 is 0 Å². The third kappa shape index (κ3) is 3.76. The number of rotatable bonds is 4. The lowest BCUT2D eigenvalue weighted by atomic mass is 9.69. The minimum Gasteiger partial charge on any atom is -0.456 e. The summed E-state index contributed by atoms with van der Waals surface area (Å²) in [6, 6.07) is 7.88. The fourth-order valence-electron chi connectivity index (χ4n) is 2.92. The molecule has 22 heavy (non-hydrogen) atoms. The van der Waals surface area contributed by atoms with Gasteiger partial charge in [0.1, 0.15) is 0 Å². The Morgan fingerprint density at radius 1 is 1.36 bits per heavy atom. The van der Waals surface area contributed by atoms with E-state index in [4.69, 9.17) is 4.74 Å². The number of ketones is 1. The monoisotopic (exact) mass is 298 g/mol. The summed E-state index contributed by atoms with van der Waals surface area (Å²) >= 11 is 0. The minimum absolute atomic E-state index is 0.243. The molecule has 0 aromatic heterocycles. The number of aryl methyl sites for hydroxylation is 1. The van der Waals surface area contributed by atoms with Gasteiger partial charge in [-0.25, -0.2) is 4.79 Å². The zero-order chi connectivity index (χ0) is 16.0. The summed E-state index contributed by atoms with van der Waals surface area (Å²) in [4.78, 5) is 23.8. The molecule has 0 spiro atoms. The van der Waals surface area contributed by atoms with Crippen LogP contribution >= 0.6 is 0 Å². The van der Waals surface area contributed by atoms with E-state index in [9.17, 15) is 9.59 Å². The van der Waals surface area contributed by atoms with Crippen molar-refractivity contribution in [1.29, 1.82) is 0 Å². The molecule has 0 radical (unpaired) electrons. The number of carbonyl (C=O) groups is 2. The quantitative estimate of drug-likeness (QED) is 0.369. The topological polar surface area (TPSA) is 43.4 Å². The van der Waals surface area contributed by atoms with E-state index < -0.39 is 5.97 Å². The van der Waals surface area contributed by atoms with Crippen LogP contribution in [0, 0.1) is 17.3 Å². The van der Waals surface area contributed by atoms with E-state index in [0.717, 1.165) is 36.8 Å². The molecule has 116 valence electrons. The molecule has 1 unspecified atom stereocenters. The molecule has 1 aromatic carbocycles. The first-order valence-electron chi connectivity index (χ1n) is 7.85. The number of carbonyl (C=O) groups excluding carboxylic acids is 2. The van der Waals surface area contributed by atoms with E-state index in [0.29, 0.717) is 13.0 Å². The molecule has 0 saturated heterocycles. The molecule has 0 saturated carbocycles. The SMILES string of the molecule is CCOC(=O)C#CCCCC1(C)CCc2ccccc2C1=O. The van der Waals surface area contributed by atoms with Gasteiger partial charge in [0.15, 0.2) is 5.78 Å². The van der Waals surface area contributed by atoms with Crippen molar-refractivity contribution >= 4 is 11.8 Å². The first kappa shape index (κ1) is 16.3. The molecule has 3 nitrogen and oxygen atoms in total. The zero-order valence-corrected chi connectivity index (χ0v) is 13.3. The molecule has 1 aliphatic rings. The fraction of sp³-hybridized carbons (Fsp3) is 0.474. The maximum atomic E-state index is 12.7. The van der Waals surface area contributed by atoms with E-state index in [1.807, 2.05) is 31.2 Å². The molecular weight excluding hydrogens is 276 g/mol.